The number of aromatic hydroxyl groups is 1. The number of hydrogen-bond acceptors (Lipinski definition) is 6. The predicted octanol–water partition coefficient (Wildman–Crippen LogP) is 6.38. The average Bonchev–Trinajstić information content (AvgIpc) is 3.49. The van der Waals surface area contributed by atoms with Crippen molar-refractivity contribution in [1.29, 1.82) is 0 Å². The molecule has 5 rings (SSSR count). The van der Waals surface area contributed by atoms with Crippen LogP contribution in [0.25, 0.3) is 11.3 Å². The van der Waals surface area contributed by atoms with E-state index in [1.807, 2.05) is 74.2 Å². The quantitative estimate of drug-likeness (QED) is 0.223. The van der Waals surface area contributed by atoms with Crippen LogP contribution < -0.4 is 14.2 Å². The van der Waals surface area contributed by atoms with E-state index in [2.05, 4.69) is 17.1 Å². The Morgan fingerprint density at radius 1 is 1.00 bits per heavy atom. The molecule has 0 radical (unpaired) electrons. The van der Waals surface area contributed by atoms with Gasteiger partial charge in [-0.3, -0.25) is 9.89 Å². The first-order valence-corrected chi connectivity index (χ1v) is 14.1. The number of aromatic amines is 1. The fourth-order valence-electron chi connectivity index (χ4n) is 5.55. The van der Waals surface area contributed by atoms with Crippen LogP contribution >= 0.6 is 0 Å². The maximum Gasteiger partial charge on any atom is 0.273 e. The molecule has 1 aliphatic heterocycles. The highest BCUT2D eigenvalue weighted by Gasteiger charge is 2.43. The molecule has 1 unspecified atom stereocenters. The molecule has 0 saturated heterocycles. The number of benzene rings is 3. The number of carbonyl (C=O) groups is 1. The van der Waals surface area contributed by atoms with E-state index >= 15 is 0 Å². The zero-order chi connectivity index (χ0) is 29.1. The number of amides is 1. The molecule has 8 heteroatoms. The lowest BCUT2D eigenvalue weighted by molar-refractivity contribution is 0.0745. The summed E-state index contributed by atoms with van der Waals surface area (Å²) in [5.74, 6) is 2.10. The van der Waals surface area contributed by atoms with Gasteiger partial charge in [-0.1, -0.05) is 31.2 Å². The largest absolute Gasteiger partial charge is 0.507 e. The molecule has 3 aromatic carbocycles. The van der Waals surface area contributed by atoms with Crippen LogP contribution in [0.2, 0.25) is 0 Å². The Kier molecular flexibility index (Phi) is 8.19. The Morgan fingerprint density at radius 2 is 1.78 bits per heavy atom. The molecule has 0 saturated carbocycles. The first-order chi connectivity index (χ1) is 19.9. The summed E-state index contributed by atoms with van der Waals surface area (Å²) in [6.45, 7) is 9.43. The summed E-state index contributed by atoms with van der Waals surface area (Å²) in [5.41, 5.74) is 6.19. The van der Waals surface area contributed by atoms with Crippen LogP contribution in [0.15, 0.2) is 54.6 Å². The molecule has 8 nitrogen and oxygen atoms in total. The molecule has 2 N–H and O–H groups in total. The number of nitrogens with zero attached hydrogens (tertiary/aromatic N) is 2. The van der Waals surface area contributed by atoms with E-state index < -0.39 is 6.04 Å². The van der Waals surface area contributed by atoms with Gasteiger partial charge >= 0.3 is 0 Å². The van der Waals surface area contributed by atoms with Gasteiger partial charge in [0, 0.05) is 17.7 Å². The third-order valence-corrected chi connectivity index (χ3v) is 7.41. The number of phenols is 1. The van der Waals surface area contributed by atoms with Crippen LogP contribution in [0, 0.1) is 13.8 Å². The lowest BCUT2D eigenvalue weighted by Gasteiger charge is -2.27. The molecule has 0 fully saturated rings. The topological polar surface area (TPSA) is 96.9 Å². The summed E-state index contributed by atoms with van der Waals surface area (Å²) in [4.78, 5) is 15.8. The van der Waals surface area contributed by atoms with Crippen molar-refractivity contribution in [3.05, 3.63) is 88.1 Å². The lowest BCUT2D eigenvalue weighted by atomic mass is 9.93. The number of phenolic OH excluding ortho intramolecular Hbond substituents is 1. The summed E-state index contributed by atoms with van der Waals surface area (Å²) >= 11 is 0. The molecular weight excluding hydrogens is 518 g/mol. The number of fused-ring (bicyclic) bond motifs is 1. The van der Waals surface area contributed by atoms with Crippen molar-refractivity contribution < 1.29 is 24.1 Å². The first-order valence-electron chi connectivity index (χ1n) is 14.1. The van der Waals surface area contributed by atoms with Gasteiger partial charge in [0.15, 0.2) is 11.5 Å². The summed E-state index contributed by atoms with van der Waals surface area (Å²) in [7, 11) is 1.64. The number of carbonyl (C=O) groups excluding carboxylic acids is 1. The second-order valence-corrected chi connectivity index (χ2v) is 10.3. The number of nitrogens with one attached hydrogen (secondary N) is 1. The molecule has 0 aliphatic carbocycles. The Hall–Kier alpha value is -4.46. The van der Waals surface area contributed by atoms with Crippen LogP contribution in [-0.4, -0.2) is 53.0 Å². The Bertz CT molecular complexity index is 1520. The number of aromatic nitrogens is 2. The van der Waals surface area contributed by atoms with Crippen molar-refractivity contribution in [2.45, 2.75) is 46.6 Å². The number of methoxy groups -OCH3 is 1. The van der Waals surface area contributed by atoms with E-state index in [0.29, 0.717) is 54.6 Å². The monoisotopic (exact) mass is 555 g/mol. The number of H-pyrrole nitrogens is 1. The predicted molar refractivity (Wildman–Crippen MR) is 158 cm³/mol. The maximum absolute atomic E-state index is 13.9. The van der Waals surface area contributed by atoms with Crippen LogP contribution in [0.5, 0.6) is 23.0 Å². The van der Waals surface area contributed by atoms with Crippen LogP contribution in [0.1, 0.15) is 64.6 Å². The Morgan fingerprint density at radius 3 is 2.46 bits per heavy atom. The van der Waals surface area contributed by atoms with E-state index in [0.717, 1.165) is 40.0 Å². The summed E-state index contributed by atoms with van der Waals surface area (Å²) in [5, 5.41) is 18.6. The minimum atomic E-state index is -0.441. The fourth-order valence-corrected chi connectivity index (χ4v) is 5.55. The highest BCUT2D eigenvalue weighted by molar-refractivity contribution is 6.00. The molecule has 1 aromatic heterocycles. The standard InChI is InChI=1S/C33H37N3O5/c1-6-16-41-26-13-10-23(19-27(26)40-7-2)32-29-30(28-21(4)17-20(3)18-25(28)37)34-35-31(29)33(38)36(32)15-14-22-8-11-24(39-5)12-9-22/h8-13,17-19,32,37H,6-7,14-16H2,1-5H3,(H,34,35). The zero-order valence-corrected chi connectivity index (χ0v) is 24.3. The third-order valence-electron chi connectivity index (χ3n) is 7.41. The Balaban J connectivity index is 1.60. The van der Waals surface area contributed by atoms with Crippen molar-refractivity contribution in [1.82, 2.24) is 15.1 Å². The normalized spacial score (nSPS) is 14.3. The third kappa shape index (κ3) is 5.46. The van der Waals surface area contributed by atoms with Gasteiger partial charge in [0.05, 0.1) is 26.4 Å². The van der Waals surface area contributed by atoms with E-state index in [1.165, 1.54) is 0 Å². The second-order valence-electron chi connectivity index (χ2n) is 10.3. The minimum absolute atomic E-state index is 0.134. The van der Waals surface area contributed by atoms with E-state index in [1.54, 1.807) is 13.2 Å². The van der Waals surface area contributed by atoms with Gasteiger partial charge in [0.2, 0.25) is 0 Å². The van der Waals surface area contributed by atoms with Gasteiger partial charge in [-0.05, 0) is 86.2 Å². The maximum atomic E-state index is 13.9. The molecule has 4 aromatic rings. The van der Waals surface area contributed by atoms with Gasteiger partial charge in [-0.25, -0.2) is 0 Å². The van der Waals surface area contributed by atoms with Gasteiger partial charge in [-0.15, -0.1) is 0 Å². The van der Waals surface area contributed by atoms with Gasteiger partial charge in [0.25, 0.3) is 5.91 Å². The molecule has 1 atom stereocenters. The molecule has 1 amide bonds. The van der Waals surface area contributed by atoms with Crippen molar-refractivity contribution in [2.75, 3.05) is 26.9 Å². The fraction of sp³-hybridized carbons (Fsp3) is 0.333. The van der Waals surface area contributed by atoms with Crippen molar-refractivity contribution in [2.24, 2.45) is 0 Å². The lowest BCUT2D eigenvalue weighted by Crippen LogP contribution is -2.31. The van der Waals surface area contributed by atoms with Gasteiger partial charge in [0.1, 0.15) is 22.9 Å². The van der Waals surface area contributed by atoms with E-state index in [4.69, 9.17) is 14.2 Å². The number of ether oxygens (including phenoxy) is 3. The van der Waals surface area contributed by atoms with Gasteiger partial charge < -0.3 is 24.2 Å². The van der Waals surface area contributed by atoms with E-state index in [-0.39, 0.29) is 11.7 Å². The van der Waals surface area contributed by atoms with Crippen molar-refractivity contribution >= 4 is 5.91 Å². The smallest absolute Gasteiger partial charge is 0.273 e. The zero-order valence-electron chi connectivity index (χ0n) is 24.3. The van der Waals surface area contributed by atoms with Crippen molar-refractivity contribution in [3.8, 4) is 34.3 Å². The molecule has 41 heavy (non-hydrogen) atoms. The number of rotatable bonds is 11. The molecular formula is C33H37N3O5. The summed E-state index contributed by atoms with van der Waals surface area (Å²) < 4.78 is 17.2. The minimum Gasteiger partial charge on any atom is -0.507 e. The van der Waals surface area contributed by atoms with Crippen LogP contribution in [0.3, 0.4) is 0 Å². The van der Waals surface area contributed by atoms with Crippen molar-refractivity contribution in [3.63, 3.8) is 0 Å². The number of aryl methyl sites for hydroxylation is 2. The molecule has 214 valence electrons. The summed E-state index contributed by atoms with van der Waals surface area (Å²) in [6, 6.07) is 17.0. The number of hydrogen-bond donors (Lipinski definition) is 2. The SMILES string of the molecule is CCCOc1ccc(C2c3c(-c4c(C)cc(C)cc4O)n[nH]c3C(=O)N2CCc2ccc(OC)cc2)cc1OCC. The first kappa shape index (κ1) is 28.1. The molecule has 0 spiro atoms. The second kappa shape index (κ2) is 12.0. The highest BCUT2D eigenvalue weighted by atomic mass is 16.5. The van der Waals surface area contributed by atoms with Gasteiger partial charge in [-0.2, -0.15) is 5.10 Å². The molecule has 2 heterocycles. The summed E-state index contributed by atoms with van der Waals surface area (Å²) in [6.07, 6.45) is 1.54. The van der Waals surface area contributed by atoms with Crippen LogP contribution in [0.4, 0.5) is 0 Å². The molecule has 1 aliphatic rings. The van der Waals surface area contributed by atoms with E-state index in [9.17, 15) is 9.90 Å². The molecule has 0 bridgehead atoms. The highest BCUT2D eigenvalue weighted by Crippen LogP contribution is 2.47. The Labute approximate surface area is 240 Å². The van der Waals surface area contributed by atoms with Crippen LogP contribution in [-0.2, 0) is 6.42 Å². The average molecular weight is 556 g/mol.